The maximum atomic E-state index is 4.71. The largest absolute Gasteiger partial charge is 0.356 e. The van der Waals surface area contributed by atoms with Crippen molar-refractivity contribution in [1.82, 2.24) is 15.1 Å². The van der Waals surface area contributed by atoms with Crippen LogP contribution in [0.2, 0.25) is 0 Å². The molecule has 1 aliphatic heterocycles. The summed E-state index contributed by atoms with van der Waals surface area (Å²) in [5.74, 6) is 1.71. The molecular formula is C17H29IN4. The van der Waals surface area contributed by atoms with Crippen molar-refractivity contribution in [2.24, 2.45) is 10.9 Å². The minimum atomic E-state index is 0. The van der Waals surface area contributed by atoms with E-state index >= 15 is 0 Å². The lowest BCUT2D eigenvalue weighted by Gasteiger charge is -2.30. The highest BCUT2D eigenvalue weighted by molar-refractivity contribution is 14.0. The lowest BCUT2D eigenvalue weighted by Crippen LogP contribution is -2.43. The SMILES string of the molecule is CN1CCCC(CNC(=NCc2ccccc2)N(C)C)C1.I. The van der Waals surface area contributed by atoms with Crippen LogP contribution >= 0.6 is 24.0 Å². The van der Waals surface area contributed by atoms with Crippen LogP contribution in [0.3, 0.4) is 0 Å². The molecule has 5 heteroatoms. The summed E-state index contributed by atoms with van der Waals surface area (Å²) in [6.45, 7) is 4.16. The monoisotopic (exact) mass is 416 g/mol. The number of nitrogens with one attached hydrogen (secondary N) is 1. The summed E-state index contributed by atoms with van der Waals surface area (Å²) >= 11 is 0. The molecule has 2 rings (SSSR count). The van der Waals surface area contributed by atoms with Crippen LogP contribution in [-0.4, -0.2) is 56.5 Å². The summed E-state index contributed by atoms with van der Waals surface area (Å²) in [5, 5.41) is 3.53. The topological polar surface area (TPSA) is 30.9 Å². The van der Waals surface area contributed by atoms with Gasteiger partial charge in [0.05, 0.1) is 6.54 Å². The standard InChI is InChI=1S/C17H28N4.HI/c1-20(2)17(18-12-15-8-5-4-6-9-15)19-13-16-10-7-11-21(3)14-16;/h4-6,8-9,16H,7,10-14H2,1-3H3,(H,18,19);1H. The predicted molar refractivity (Wildman–Crippen MR) is 105 cm³/mol. The minimum absolute atomic E-state index is 0. The van der Waals surface area contributed by atoms with E-state index in [0.29, 0.717) is 0 Å². The average Bonchev–Trinajstić information content (AvgIpc) is 2.48. The van der Waals surface area contributed by atoms with Crippen LogP contribution in [0, 0.1) is 5.92 Å². The number of aliphatic imine (C=N–C) groups is 1. The molecule has 0 aromatic heterocycles. The zero-order valence-electron chi connectivity index (χ0n) is 14.0. The lowest BCUT2D eigenvalue weighted by atomic mass is 9.99. The summed E-state index contributed by atoms with van der Waals surface area (Å²) in [6, 6.07) is 10.4. The van der Waals surface area contributed by atoms with Gasteiger partial charge in [-0.1, -0.05) is 30.3 Å². The third-order valence-electron chi connectivity index (χ3n) is 3.95. The number of hydrogen-bond donors (Lipinski definition) is 1. The molecular weight excluding hydrogens is 387 g/mol. The molecule has 1 N–H and O–H groups in total. The Morgan fingerprint density at radius 2 is 2.05 bits per heavy atom. The molecule has 1 fully saturated rings. The Kier molecular flexibility index (Phi) is 8.78. The maximum Gasteiger partial charge on any atom is 0.193 e. The Bertz CT molecular complexity index is 447. The van der Waals surface area contributed by atoms with Gasteiger partial charge in [-0.25, -0.2) is 4.99 Å². The zero-order valence-corrected chi connectivity index (χ0v) is 16.3. The molecule has 22 heavy (non-hydrogen) atoms. The average molecular weight is 416 g/mol. The van der Waals surface area contributed by atoms with E-state index in [1.165, 1.54) is 31.5 Å². The Morgan fingerprint density at radius 3 is 2.68 bits per heavy atom. The summed E-state index contributed by atoms with van der Waals surface area (Å²) in [4.78, 5) is 9.20. The number of piperidine rings is 1. The number of rotatable bonds is 4. The lowest BCUT2D eigenvalue weighted by molar-refractivity contribution is 0.210. The second-order valence-electron chi connectivity index (χ2n) is 6.17. The predicted octanol–water partition coefficient (Wildman–Crippen LogP) is 2.65. The van der Waals surface area contributed by atoms with Crippen molar-refractivity contribution in [2.45, 2.75) is 19.4 Å². The first kappa shape index (κ1) is 19.2. The Hall–Kier alpha value is -0.820. The number of benzene rings is 1. The molecule has 0 spiro atoms. The number of nitrogens with zero attached hydrogens (tertiary/aromatic N) is 3. The molecule has 1 aliphatic rings. The molecule has 0 amide bonds. The van der Waals surface area contributed by atoms with Gasteiger partial charge in [0.25, 0.3) is 0 Å². The first-order valence-electron chi connectivity index (χ1n) is 7.83. The fraction of sp³-hybridized carbons (Fsp3) is 0.588. The molecule has 1 unspecified atom stereocenters. The van der Waals surface area contributed by atoms with Crippen LogP contribution in [0.15, 0.2) is 35.3 Å². The second-order valence-corrected chi connectivity index (χ2v) is 6.17. The zero-order chi connectivity index (χ0) is 15.1. The molecule has 0 radical (unpaired) electrons. The van der Waals surface area contributed by atoms with E-state index in [9.17, 15) is 0 Å². The molecule has 1 heterocycles. The fourth-order valence-electron chi connectivity index (χ4n) is 2.78. The van der Waals surface area contributed by atoms with Gasteiger partial charge in [0.1, 0.15) is 0 Å². The van der Waals surface area contributed by atoms with Gasteiger partial charge in [0.15, 0.2) is 5.96 Å². The summed E-state index contributed by atoms with van der Waals surface area (Å²) in [6.07, 6.45) is 2.62. The van der Waals surface area contributed by atoms with Crippen molar-refractivity contribution in [3.63, 3.8) is 0 Å². The van der Waals surface area contributed by atoms with E-state index < -0.39 is 0 Å². The molecule has 1 aromatic rings. The third kappa shape index (κ3) is 6.52. The smallest absolute Gasteiger partial charge is 0.193 e. The van der Waals surface area contributed by atoms with Gasteiger partial charge in [-0.15, -0.1) is 24.0 Å². The van der Waals surface area contributed by atoms with Crippen LogP contribution in [0.25, 0.3) is 0 Å². The quantitative estimate of drug-likeness (QED) is 0.465. The number of hydrogen-bond acceptors (Lipinski definition) is 2. The van der Waals surface area contributed by atoms with Crippen LogP contribution in [0.1, 0.15) is 18.4 Å². The normalized spacial score (nSPS) is 19.4. The van der Waals surface area contributed by atoms with Crippen molar-refractivity contribution in [3.05, 3.63) is 35.9 Å². The van der Waals surface area contributed by atoms with Gasteiger partial charge in [0.2, 0.25) is 0 Å². The molecule has 0 bridgehead atoms. The summed E-state index contributed by atoms with van der Waals surface area (Å²) < 4.78 is 0. The van der Waals surface area contributed by atoms with E-state index in [1.807, 2.05) is 20.2 Å². The third-order valence-corrected chi connectivity index (χ3v) is 3.95. The first-order valence-corrected chi connectivity index (χ1v) is 7.83. The molecule has 1 atom stereocenters. The van der Waals surface area contributed by atoms with Crippen molar-refractivity contribution < 1.29 is 0 Å². The molecule has 4 nitrogen and oxygen atoms in total. The molecule has 0 aliphatic carbocycles. The Morgan fingerprint density at radius 1 is 1.32 bits per heavy atom. The number of likely N-dealkylation sites (tertiary alicyclic amines) is 1. The van der Waals surface area contributed by atoms with Gasteiger partial charge in [-0.3, -0.25) is 0 Å². The van der Waals surface area contributed by atoms with E-state index in [4.69, 9.17) is 4.99 Å². The molecule has 1 saturated heterocycles. The second kappa shape index (κ2) is 10.0. The van der Waals surface area contributed by atoms with Gasteiger partial charge >= 0.3 is 0 Å². The van der Waals surface area contributed by atoms with Crippen molar-refractivity contribution in [1.29, 1.82) is 0 Å². The summed E-state index contributed by atoms with van der Waals surface area (Å²) in [5.41, 5.74) is 1.25. The fourth-order valence-corrected chi connectivity index (χ4v) is 2.78. The van der Waals surface area contributed by atoms with Gasteiger partial charge in [-0.05, 0) is 37.9 Å². The highest BCUT2D eigenvalue weighted by atomic mass is 127. The minimum Gasteiger partial charge on any atom is -0.356 e. The highest BCUT2D eigenvalue weighted by Gasteiger charge is 2.17. The van der Waals surface area contributed by atoms with E-state index in [0.717, 1.165) is 25.0 Å². The molecule has 0 saturated carbocycles. The van der Waals surface area contributed by atoms with Crippen LogP contribution < -0.4 is 5.32 Å². The first-order chi connectivity index (χ1) is 10.1. The van der Waals surface area contributed by atoms with Crippen LogP contribution in [-0.2, 0) is 6.54 Å². The van der Waals surface area contributed by atoms with E-state index in [-0.39, 0.29) is 24.0 Å². The van der Waals surface area contributed by atoms with Crippen molar-refractivity contribution in [3.8, 4) is 0 Å². The maximum absolute atomic E-state index is 4.71. The van der Waals surface area contributed by atoms with Crippen molar-refractivity contribution in [2.75, 3.05) is 40.8 Å². The molecule has 124 valence electrons. The highest BCUT2D eigenvalue weighted by Crippen LogP contribution is 2.13. The van der Waals surface area contributed by atoms with Gasteiger partial charge < -0.3 is 15.1 Å². The Balaban J connectivity index is 0.00000242. The summed E-state index contributed by atoms with van der Waals surface area (Å²) in [7, 11) is 6.30. The van der Waals surface area contributed by atoms with E-state index in [2.05, 4.69) is 46.4 Å². The Labute approximate surface area is 152 Å². The van der Waals surface area contributed by atoms with Gasteiger partial charge in [-0.2, -0.15) is 0 Å². The van der Waals surface area contributed by atoms with Crippen LogP contribution in [0.5, 0.6) is 0 Å². The molecule has 1 aromatic carbocycles. The van der Waals surface area contributed by atoms with Gasteiger partial charge in [0, 0.05) is 27.2 Å². The number of halogens is 1. The number of guanidine groups is 1. The van der Waals surface area contributed by atoms with Crippen molar-refractivity contribution >= 4 is 29.9 Å². The van der Waals surface area contributed by atoms with E-state index in [1.54, 1.807) is 0 Å². The van der Waals surface area contributed by atoms with Crippen LogP contribution in [0.4, 0.5) is 0 Å².